The highest BCUT2D eigenvalue weighted by atomic mass is 16.7. The maximum atomic E-state index is 11.3. The normalized spacial score (nSPS) is 11.8. The SMILES string of the molecule is [C-]#[N+]/C(=N\OC(N(C)C)N(C)C)C(=O)OCC. The van der Waals surface area contributed by atoms with E-state index in [0.29, 0.717) is 0 Å². The molecule has 17 heavy (non-hydrogen) atoms. The number of nitrogens with zero attached hydrogens (tertiary/aromatic N) is 4. The van der Waals surface area contributed by atoms with Crippen molar-refractivity contribution in [2.75, 3.05) is 34.8 Å². The third-order valence-electron chi connectivity index (χ3n) is 1.68. The van der Waals surface area contributed by atoms with Gasteiger partial charge in [-0.2, -0.15) is 0 Å². The minimum atomic E-state index is -0.779. The highest BCUT2D eigenvalue weighted by Gasteiger charge is 2.20. The number of carbonyl (C=O) groups excluding carboxylic acids is 1. The smallest absolute Gasteiger partial charge is 0.398 e. The van der Waals surface area contributed by atoms with Crippen molar-refractivity contribution in [2.45, 2.75) is 13.3 Å². The lowest BCUT2D eigenvalue weighted by molar-refractivity contribution is -0.136. The zero-order valence-electron chi connectivity index (χ0n) is 10.8. The van der Waals surface area contributed by atoms with E-state index in [9.17, 15) is 4.79 Å². The fourth-order valence-electron chi connectivity index (χ4n) is 1.05. The van der Waals surface area contributed by atoms with Gasteiger partial charge >= 0.3 is 11.8 Å². The molecule has 0 heterocycles. The van der Waals surface area contributed by atoms with Crippen LogP contribution >= 0.6 is 0 Å². The predicted octanol–water partition coefficient (Wildman–Crippen LogP) is 0.206. The molecule has 0 aromatic rings. The van der Waals surface area contributed by atoms with Crippen molar-refractivity contribution < 1.29 is 14.4 Å². The fraction of sp³-hybridized carbons (Fsp3) is 0.700. The number of amidine groups is 1. The summed E-state index contributed by atoms with van der Waals surface area (Å²) in [4.78, 5) is 22.8. The summed E-state index contributed by atoms with van der Waals surface area (Å²) in [5.74, 6) is -1.20. The standard InChI is InChI=1S/C10H18N4O3/c1-7-16-9(15)8(11-2)12-17-10(13(3)4)14(5)6/h10H,7H2,1,3-6H3/b12-8-. The van der Waals surface area contributed by atoms with Crippen LogP contribution in [-0.4, -0.2) is 62.8 Å². The van der Waals surface area contributed by atoms with Crippen molar-refractivity contribution in [3.63, 3.8) is 0 Å². The molecule has 7 heteroatoms. The van der Waals surface area contributed by atoms with Crippen LogP contribution in [0, 0.1) is 6.57 Å². The topological polar surface area (TPSA) is 58.7 Å². The van der Waals surface area contributed by atoms with Gasteiger partial charge < -0.3 is 9.58 Å². The third kappa shape index (κ3) is 5.29. The van der Waals surface area contributed by atoms with Crippen molar-refractivity contribution in [1.29, 1.82) is 0 Å². The Morgan fingerprint density at radius 3 is 2.24 bits per heavy atom. The molecular formula is C10H18N4O3. The summed E-state index contributed by atoms with van der Waals surface area (Å²) < 4.78 is 4.66. The molecule has 0 aliphatic rings. The second kappa shape index (κ2) is 7.60. The summed E-state index contributed by atoms with van der Waals surface area (Å²) in [7, 11) is 7.17. The predicted molar refractivity (Wildman–Crippen MR) is 62.9 cm³/mol. The van der Waals surface area contributed by atoms with Crippen LogP contribution in [-0.2, 0) is 14.4 Å². The van der Waals surface area contributed by atoms with Gasteiger partial charge in [0, 0.05) is 0 Å². The third-order valence-corrected chi connectivity index (χ3v) is 1.68. The molecule has 0 amide bonds. The van der Waals surface area contributed by atoms with E-state index in [1.807, 2.05) is 0 Å². The van der Waals surface area contributed by atoms with Gasteiger partial charge in [0.15, 0.2) is 0 Å². The molecule has 0 saturated carbocycles. The highest BCUT2D eigenvalue weighted by molar-refractivity contribution is 6.39. The lowest BCUT2D eigenvalue weighted by Gasteiger charge is -2.25. The zero-order valence-corrected chi connectivity index (χ0v) is 10.8. The van der Waals surface area contributed by atoms with Crippen LogP contribution in [0.4, 0.5) is 0 Å². The van der Waals surface area contributed by atoms with Crippen molar-refractivity contribution in [2.24, 2.45) is 5.16 Å². The van der Waals surface area contributed by atoms with E-state index >= 15 is 0 Å². The van der Waals surface area contributed by atoms with Gasteiger partial charge in [0.2, 0.25) is 0 Å². The molecular weight excluding hydrogens is 224 g/mol. The van der Waals surface area contributed by atoms with Crippen molar-refractivity contribution in [3.8, 4) is 0 Å². The summed E-state index contributed by atoms with van der Waals surface area (Å²) in [6.07, 6.45) is -0.457. The number of hydrogen-bond donors (Lipinski definition) is 0. The number of hydrogen-bond acceptors (Lipinski definition) is 6. The largest absolute Gasteiger partial charge is 0.470 e. The molecule has 0 aliphatic carbocycles. The van der Waals surface area contributed by atoms with Crippen molar-refractivity contribution >= 4 is 11.8 Å². The fourth-order valence-corrected chi connectivity index (χ4v) is 1.05. The van der Waals surface area contributed by atoms with Gasteiger partial charge in [0.25, 0.3) is 6.35 Å². The molecule has 0 rings (SSSR count). The van der Waals surface area contributed by atoms with E-state index in [1.165, 1.54) is 0 Å². The Morgan fingerprint density at radius 1 is 1.35 bits per heavy atom. The van der Waals surface area contributed by atoms with Crippen LogP contribution in [0.5, 0.6) is 0 Å². The zero-order chi connectivity index (χ0) is 13.4. The Labute approximate surface area is 101 Å². The lowest BCUT2D eigenvalue weighted by Crippen LogP contribution is -2.41. The Morgan fingerprint density at radius 2 is 1.88 bits per heavy atom. The molecule has 0 aliphatic heterocycles. The molecule has 0 N–H and O–H groups in total. The van der Waals surface area contributed by atoms with Crippen molar-refractivity contribution in [3.05, 3.63) is 11.4 Å². The van der Waals surface area contributed by atoms with Gasteiger partial charge in [-0.25, -0.2) is 0 Å². The minimum Gasteiger partial charge on any atom is -0.470 e. The van der Waals surface area contributed by atoms with Crippen molar-refractivity contribution in [1.82, 2.24) is 9.80 Å². The first-order valence-electron chi connectivity index (χ1n) is 5.05. The molecule has 0 fully saturated rings. The van der Waals surface area contributed by atoms with E-state index in [0.717, 1.165) is 0 Å². The molecule has 0 atom stereocenters. The van der Waals surface area contributed by atoms with E-state index in [2.05, 4.69) is 14.7 Å². The number of oxime groups is 1. The first-order chi connectivity index (χ1) is 7.93. The molecule has 0 bridgehead atoms. The first kappa shape index (κ1) is 15.3. The van der Waals surface area contributed by atoms with Crippen LogP contribution in [0.2, 0.25) is 0 Å². The van der Waals surface area contributed by atoms with Gasteiger partial charge in [0.1, 0.15) is 0 Å². The maximum Gasteiger partial charge on any atom is 0.398 e. The molecule has 0 aromatic heterocycles. The number of rotatable bonds is 5. The molecule has 0 saturated heterocycles. The van der Waals surface area contributed by atoms with Gasteiger partial charge in [-0.15, -0.1) is 0 Å². The van der Waals surface area contributed by atoms with Crippen LogP contribution in [0.15, 0.2) is 5.16 Å². The number of ether oxygens (including phenoxy) is 1. The number of esters is 1. The Kier molecular flexibility index (Phi) is 6.86. The molecule has 0 aromatic carbocycles. The Bertz CT molecular complexity index is 312. The quantitative estimate of drug-likeness (QED) is 0.172. The van der Waals surface area contributed by atoms with Crippen LogP contribution in [0.25, 0.3) is 4.85 Å². The molecule has 0 spiro atoms. The molecule has 0 radical (unpaired) electrons. The average Bonchev–Trinajstić information content (AvgIpc) is 2.23. The summed E-state index contributed by atoms with van der Waals surface area (Å²) >= 11 is 0. The molecule has 0 unspecified atom stereocenters. The van der Waals surface area contributed by atoms with Gasteiger partial charge in [-0.05, 0) is 35.1 Å². The summed E-state index contributed by atoms with van der Waals surface area (Å²) in [5, 5.41) is 3.51. The lowest BCUT2D eigenvalue weighted by atomic mass is 10.6. The van der Waals surface area contributed by atoms with E-state index < -0.39 is 18.2 Å². The second-order valence-electron chi connectivity index (χ2n) is 3.61. The minimum absolute atomic E-state index is 0.193. The van der Waals surface area contributed by atoms with Gasteiger partial charge in [-0.3, -0.25) is 19.4 Å². The monoisotopic (exact) mass is 242 g/mol. The average molecular weight is 242 g/mol. The van der Waals surface area contributed by atoms with E-state index in [4.69, 9.17) is 11.4 Å². The first-order valence-corrected chi connectivity index (χ1v) is 5.05. The van der Waals surface area contributed by atoms with Crippen LogP contribution in [0.3, 0.4) is 0 Å². The molecule has 7 nitrogen and oxygen atoms in total. The highest BCUT2D eigenvalue weighted by Crippen LogP contribution is 2.01. The molecule has 96 valence electrons. The number of carbonyl (C=O) groups is 1. The maximum absolute atomic E-state index is 11.3. The van der Waals surface area contributed by atoms with E-state index in [1.54, 1.807) is 44.9 Å². The van der Waals surface area contributed by atoms with Crippen LogP contribution in [0.1, 0.15) is 6.92 Å². The van der Waals surface area contributed by atoms with Crippen LogP contribution < -0.4 is 0 Å². The summed E-state index contributed by atoms with van der Waals surface area (Å²) in [5.41, 5.74) is 0. The van der Waals surface area contributed by atoms with Gasteiger partial charge in [0.05, 0.1) is 11.8 Å². The Balaban J connectivity index is 4.65. The summed E-state index contributed by atoms with van der Waals surface area (Å²) in [6.45, 7) is 8.66. The summed E-state index contributed by atoms with van der Waals surface area (Å²) in [6, 6.07) is 0. The second-order valence-corrected chi connectivity index (χ2v) is 3.61. The van der Waals surface area contributed by atoms with Gasteiger partial charge in [-0.1, -0.05) is 6.57 Å². The Hall–Kier alpha value is -1.65. The van der Waals surface area contributed by atoms with E-state index in [-0.39, 0.29) is 6.61 Å².